The Morgan fingerprint density at radius 2 is 2.10 bits per heavy atom. The van der Waals surface area contributed by atoms with Crippen molar-refractivity contribution < 1.29 is 13.9 Å². The minimum Gasteiger partial charge on any atom is -0.496 e. The summed E-state index contributed by atoms with van der Waals surface area (Å²) in [4.78, 5) is 12.3. The molecule has 0 atom stereocenters. The number of nitrogen functional groups attached to an aromatic ring is 1. The van der Waals surface area contributed by atoms with Gasteiger partial charge in [-0.3, -0.25) is 4.79 Å². The second kappa shape index (κ2) is 6.13. The Kier molecular flexibility index (Phi) is 4.47. The first-order valence-corrected chi connectivity index (χ1v) is 6.92. The molecule has 4 nitrogen and oxygen atoms in total. The number of halogens is 2. The van der Waals surface area contributed by atoms with Crippen molar-refractivity contribution in [1.29, 1.82) is 0 Å². The predicted octanol–water partition coefficient (Wildman–Crippen LogP) is 3.74. The fourth-order valence-corrected chi connectivity index (χ4v) is 2.66. The highest BCUT2D eigenvalue weighted by molar-refractivity contribution is 9.10. The molecule has 110 valence electrons. The Labute approximate surface area is 130 Å². The molecule has 21 heavy (non-hydrogen) atoms. The van der Waals surface area contributed by atoms with Gasteiger partial charge in [0, 0.05) is 4.47 Å². The summed E-state index contributed by atoms with van der Waals surface area (Å²) < 4.78 is 19.5. The summed E-state index contributed by atoms with van der Waals surface area (Å²) in [5.74, 6) is -1.12. The van der Waals surface area contributed by atoms with Crippen molar-refractivity contribution in [3.63, 3.8) is 0 Å². The average molecular weight is 353 g/mol. The van der Waals surface area contributed by atoms with Crippen LogP contribution >= 0.6 is 15.9 Å². The van der Waals surface area contributed by atoms with Crippen LogP contribution < -0.4 is 15.8 Å². The monoisotopic (exact) mass is 352 g/mol. The van der Waals surface area contributed by atoms with E-state index in [2.05, 4.69) is 21.2 Å². The molecule has 2 aromatic rings. The maximum Gasteiger partial charge on any atom is 0.262 e. The molecule has 1 amide bonds. The Hall–Kier alpha value is -2.08. The zero-order valence-corrected chi connectivity index (χ0v) is 13.1. The van der Waals surface area contributed by atoms with E-state index in [1.54, 1.807) is 6.07 Å². The molecule has 0 saturated heterocycles. The Morgan fingerprint density at radius 1 is 1.38 bits per heavy atom. The van der Waals surface area contributed by atoms with E-state index in [1.165, 1.54) is 25.3 Å². The smallest absolute Gasteiger partial charge is 0.262 e. The number of methoxy groups -OCH3 is 1. The van der Waals surface area contributed by atoms with E-state index in [9.17, 15) is 9.18 Å². The third-order valence-electron chi connectivity index (χ3n) is 2.93. The van der Waals surface area contributed by atoms with Crippen LogP contribution in [0, 0.1) is 12.7 Å². The van der Waals surface area contributed by atoms with Crippen LogP contribution in [-0.4, -0.2) is 13.0 Å². The first-order valence-electron chi connectivity index (χ1n) is 6.13. The number of hydrogen-bond donors (Lipinski definition) is 2. The molecule has 0 aliphatic heterocycles. The van der Waals surface area contributed by atoms with E-state index >= 15 is 0 Å². The van der Waals surface area contributed by atoms with Gasteiger partial charge in [0.15, 0.2) is 0 Å². The number of anilines is 2. The molecule has 2 rings (SSSR count). The first-order chi connectivity index (χ1) is 9.93. The molecule has 6 heteroatoms. The van der Waals surface area contributed by atoms with E-state index in [0.29, 0.717) is 15.8 Å². The third kappa shape index (κ3) is 3.16. The molecule has 0 radical (unpaired) electrons. The minimum absolute atomic E-state index is 0.160. The number of nitrogens with one attached hydrogen (secondary N) is 1. The van der Waals surface area contributed by atoms with Crippen LogP contribution in [0.1, 0.15) is 15.9 Å². The van der Waals surface area contributed by atoms with Crippen molar-refractivity contribution in [3.8, 4) is 5.75 Å². The van der Waals surface area contributed by atoms with Crippen molar-refractivity contribution in [2.75, 3.05) is 18.2 Å². The van der Waals surface area contributed by atoms with E-state index in [4.69, 9.17) is 10.5 Å². The van der Waals surface area contributed by atoms with Crippen LogP contribution in [-0.2, 0) is 0 Å². The third-order valence-corrected chi connectivity index (χ3v) is 3.55. The van der Waals surface area contributed by atoms with Gasteiger partial charge in [-0.25, -0.2) is 4.39 Å². The minimum atomic E-state index is -0.659. The highest BCUT2D eigenvalue weighted by Gasteiger charge is 2.19. The van der Waals surface area contributed by atoms with Crippen molar-refractivity contribution in [2.45, 2.75) is 6.92 Å². The van der Waals surface area contributed by atoms with Crippen LogP contribution in [0.2, 0.25) is 0 Å². The summed E-state index contributed by atoms with van der Waals surface area (Å²) in [6.45, 7) is 1.88. The summed E-state index contributed by atoms with van der Waals surface area (Å²) in [5.41, 5.74) is 7.47. The van der Waals surface area contributed by atoms with E-state index in [1.807, 2.05) is 13.0 Å². The first kappa shape index (κ1) is 15.3. The Morgan fingerprint density at radius 3 is 2.71 bits per heavy atom. The van der Waals surface area contributed by atoms with Gasteiger partial charge in [-0.05, 0) is 52.7 Å². The van der Waals surface area contributed by atoms with Gasteiger partial charge >= 0.3 is 0 Å². The summed E-state index contributed by atoms with van der Waals surface area (Å²) in [6, 6.07) is 7.72. The quantitative estimate of drug-likeness (QED) is 0.827. The van der Waals surface area contributed by atoms with Crippen LogP contribution in [0.4, 0.5) is 15.8 Å². The van der Waals surface area contributed by atoms with Crippen molar-refractivity contribution >= 4 is 33.2 Å². The molecule has 0 heterocycles. The van der Waals surface area contributed by atoms with Crippen molar-refractivity contribution in [2.24, 2.45) is 0 Å². The van der Waals surface area contributed by atoms with Gasteiger partial charge in [0.1, 0.15) is 17.1 Å². The maximum absolute atomic E-state index is 13.9. The SMILES string of the molecule is COc1cccc(F)c1C(=O)Nc1c(N)cc(C)cc1Br. The number of aryl methyl sites for hydroxylation is 1. The number of rotatable bonds is 3. The normalized spacial score (nSPS) is 10.3. The van der Waals surface area contributed by atoms with Crippen LogP contribution in [0.15, 0.2) is 34.8 Å². The lowest BCUT2D eigenvalue weighted by Gasteiger charge is -2.13. The fraction of sp³-hybridized carbons (Fsp3) is 0.133. The van der Waals surface area contributed by atoms with E-state index < -0.39 is 11.7 Å². The maximum atomic E-state index is 13.9. The zero-order chi connectivity index (χ0) is 15.6. The van der Waals surface area contributed by atoms with Gasteiger partial charge in [0.05, 0.1) is 18.5 Å². The topological polar surface area (TPSA) is 64.3 Å². The molecule has 2 aromatic carbocycles. The lowest BCUT2D eigenvalue weighted by atomic mass is 10.1. The molecule has 0 bridgehead atoms. The number of carbonyl (C=O) groups is 1. The molecule has 0 spiro atoms. The summed E-state index contributed by atoms with van der Waals surface area (Å²) in [5, 5.41) is 2.61. The largest absolute Gasteiger partial charge is 0.496 e. The highest BCUT2D eigenvalue weighted by Crippen LogP contribution is 2.31. The van der Waals surface area contributed by atoms with Gasteiger partial charge in [0.25, 0.3) is 5.91 Å². The van der Waals surface area contributed by atoms with Crippen molar-refractivity contribution in [1.82, 2.24) is 0 Å². The Balaban J connectivity index is 2.40. The lowest BCUT2D eigenvalue weighted by Crippen LogP contribution is -2.16. The van der Waals surface area contributed by atoms with Crippen LogP contribution in [0.25, 0.3) is 0 Å². The fourth-order valence-electron chi connectivity index (χ4n) is 1.97. The molecule has 0 aliphatic carbocycles. The van der Waals surface area contributed by atoms with Crippen LogP contribution in [0.3, 0.4) is 0 Å². The second-order valence-electron chi connectivity index (χ2n) is 4.48. The molecular weight excluding hydrogens is 339 g/mol. The highest BCUT2D eigenvalue weighted by atomic mass is 79.9. The standard InChI is InChI=1S/C15H14BrFN2O2/c1-8-6-9(16)14(11(18)7-8)19-15(20)13-10(17)4-3-5-12(13)21-2/h3-7H,18H2,1-2H3,(H,19,20). The predicted molar refractivity (Wildman–Crippen MR) is 84.2 cm³/mol. The second-order valence-corrected chi connectivity index (χ2v) is 5.34. The number of carbonyl (C=O) groups excluding carboxylic acids is 1. The van der Waals surface area contributed by atoms with Crippen molar-refractivity contribution in [3.05, 3.63) is 51.7 Å². The van der Waals surface area contributed by atoms with Gasteiger partial charge in [0.2, 0.25) is 0 Å². The number of hydrogen-bond acceptors (Lipinski definition) is 3. The lowest BCUT2D eigenvalue weighted by molar-refractivity contribution is 0.102. The summed E-state index contributed by atoms with van der Waals surface area (Å²) >= 11 is 3.33. The Bertz CT molecular complexity index is 681. The summed E-state index contributed by atoms with van der Waals surface area (Å²) in [7, 11) is 1.38. The van der Waals surface area contributed by atoms with Gasteiger partial charge in [-0.1, -0.05) is 6.07 Å². The van der Waals surface area contributed by atoms with Gasteiger partial charge in [-0.15, -0.1) is 0 Å². The van der Waals surface area contributed by atoms with Gasteiger partial charge in [-0.2, -0.15) is 0 Å². The van der Waals surface area contributed by atoms with Gasteiger partial charge < -0.3 is 15.8 Å². The van der Waals surface area contributed by atoms with E-state index in [-0.39, 0.29) is 11.3 Å². The average Bonchev–Trinajstić information content (AvgIpc) is 2.42. The number of amides is 1. The summed E-state index contributed by atoms with van der Waals surface area (Å²) in [6.07, 6.45) is 0. The van der Waals surface area contributed by atoms with E-state index in [0.717, 1.165) is 5.56 Å². The molecular formula is C15H14BrFN2O2. The molecule has 0 aromatic heterocycles. The zero-order valence-electron chi connectivity index (χ0n) is 11.5. The molecule has 0 aliphatic rings. The van der Waals surface area contributed by atoms with Crippen LogP contribution in [0.5, 0.6) is 5.75 Å². The number of benzene rings is 2. The molecule has 0 fully saturated rings. The molecule has 3 N–H and O–H groups in total. The number of nitrogens with two attached hydrogens (primary N) is 1. The molecule has 0 saturated carbocycles. The molecule has 0 unspecified atom stereocenters. The number of ether oxygens (including phenoxy) is 1.